The highest BCUT2D eigenvalue weighted by molar-refractivity contribution is 8.13. The number of amidine groups is 1. The number of rotatable bonds is 4. The molecule has 0 radical (unpaired) electrons. The molecule has 0 aromatic heterocycles. The molecule has 4 N–H and O–H groups in total. The lowest BCUT2D eigenvalue weighted by atomic mass is 10.0. The third kappa shape index (κ3) is 4.54. The summed E-state index contributed by atoms with van der Waals surface area (Å²) in [4.78, 5) is 4.18. The molecule has 0 heterocycles. The van der Waals surface area contributed by atoms with Crippen molar-refractivity contribution in [2.45, 2.75) is 12.2 Å². The van der Waals surface area contributed by atoms with E-state index in [0.717, 1.165) is 0 Å². The molecule has 19 heavy (non-hydrogen) atoms. The second-order valence-electron chi connectivity index (χ2n) is 3.64. The lowest BCUT2D eigenvalue weighted by Crippen LogP contribution is -2.21. The summed E-state index contributed by atoms with van der Waals surface area (Å²) >= 11 is 1.30. The van der Waals surface area contributed by atoms with Crippen molar-refractivity contribution in [2.75, 3.05) is 12.9 Å². The van der Waals surface area contributed by atoms with Crippen molar-refractivity contribution >= 4 is 22.6 Å². The maximum atomic E-state index is 9.69. The van der Waals surface area contributed by atoms with E-state index in [1.165, 1.54) is 11.8 Å². The highest BCUT2D eigenvalue weighted by Gasteiger charge is 2.16. The van der Waals surface area contributed by atoms with Crippen LogP contribution in [-0.2, 0) is 0 Å². The van der Waals surface area contributed by atoms with Gasteiger partial charge in [-0.3, -0.25) is 5.32 Å². The molecule has 2 unspecified atom stereocenters. The van der Waals surface area contributed by atoms with Crippen molar-refractivity contribution in [3.05, 3.63) is 29.8 Å². The highest BCUT2D eigenvalue weighted by Crippen LogP contribution is 2.21. The Bertz CT molecular complexity index is 470. The van der Waals surface area contributed by atoms with Gasteiger partial charge in [-0.1, -0.05) is 23.9 Å². The number of nitriles is 1. The summed E-state index contributed by atoms with van der Waals surface area (Å²) in [5.41, 5.74) is 1.10. The first-order chi connectivity index (χ1) is 9.12. The van der Waals surface area contributed by atoms with Crippen LogP contribution in [-0.4, -0.2) is 39.5 Å². The second-order valence-corrected chi connectivity index (χ2v) is 4.44. The van der Waals surface area contributed by atoms with Crippen molar-refractivity contribution in [1.29, 1.82) is 5.26 Å². The maximum absolute atomic E-state index is 9.69. The minimum absolute atomic E-state index is 0.464. The molecule has 0 spiro atoms. The number of thioether (sulfide) groups is 1. The van der Waals surface area contributed by atoms with Gasteiger partial charge in [0.25, 0.3) is 0 Å². The Morgan fingerprint density at radius 2 is 2.05 bits per heavy atom. The fourth-order valence-electron chi connectivity index (χ4n) is 1.36. The van der Waals surface area contributed by atoms with Crippen LogP contribution in [0.2, 0.25) is 0 Å². The van der Waals surface area contributed by atoms with Crippen LogP contribution in [0.4, 0.5) is 5.69 Å². The standard InChI is InChI=1S/C12H15N3O3S/c1-19-12(14-7-13)15-9-4-2-8(3-5-9)11(18)10(17)6-16/h2-5,10-11,16-18H,6H2,1H3,(H,14,15). The Kier molecular flexibility index (Phi) is 6.32. The smallest absolute Gasteiger partial charge is 0.183 e. The molecule has 0 fully saturated rings. The number of benzene rings is 1. The van der Waals surface area contributed by atoms with E-state index in [1.807, 2.05) is 0 Å². The minimum Gasteiger partial charge on any atom is -0.394 e. The normalized spacial score (nSPS) is 14.6. The van der Waals surface area contributed by atoms with Crippen molar-refractivity contribution in [1.82, 2.24) is 5.32 Å². The predicted molar refractivity (Wildman–Crippen MR) is 73.9 cm³/mol. The summed E-state index contributed by atoms with van der Waals surface area (Å²) in [5, 5.41) is 39.2. The molecule has 0 bridgehead atoms. The SMILES string of the molecule is CSC(=Nc1ccc(C(O)C(O)CO)cc1)NC#N. The van der Waals surface area contributed by atoms with Crippen LogP contribution in [0.25, 0.3) is 0 Å². The van der Waals surface area contributed by atoms with Crippen LogP contribution in [0.1, 0.15) is 11.7 Å². The van der Waals surface area contributed by atoms with Gasteiger partial charge in [0.15, 0.2) is 11.4 Å². The zero-order valence-electron chi connectivity index (χ0n) is 10.3. The van der Waals surface area contributed by atoms with Crippen LogP contribution in [0.3, 0.4) is 0 Å². The van der Waals surface area contributed by atoms with Crippen LogP contribution >= 0.6 is 11.8 Å². The minimum atomic E-state index is -1.21. The third-order valence-corrected chi connectivity index (χ3v) is 2.95. The van der Waals surface area contributed by atoms with Gasteiger partial charge in [-0.05, 0) is 24.0 Å². The summed E-state index contributed by atoms with van der Waals surface area (Å²) in [6.45, 7) is -0.510. The lowest BCUT2D eigenvalue weighted by Gasteiger charge is -2.15. The summed E-state index contributed by atoms with van der Waals surface area (Å²) < 4.78 is 0. The van der Waals surface area contributed by atoms with E-state index in [0.29, 0.717) is 16.4 Å². The van der Waals surface area contributed by atoms with Gasteiger partial charge in [0.2, 0.25) is 0 Å². The van der Waals surface area contributed by atoms with Gasteiger partial charge >= 0.3 is 0 Å². The van der Waals surface area contributed by atoms with Gasteiger partial charge in [0, 0.05) is 0 Å². The number of nitrogens with zero attached hydrogens (tertiary/aromatic N) is 2. The first-order valence-corrected chi connectivity index (χ1v) is 6.69. The van der Waals surface area contributed by atoms with Gasteiger partial charge in [-0.2, -0.15) is 5.26 Å². The molecule has 0 amide bonds. The van der Waals surface area contributed by atoms with E-state index in [1.54, 1.807) is 36.7 Å². The molecular weight excluding hydrogens is 266 g/mol. The molecule has 0 saturated heterocycles. The number of nitrogens with one attached hydrogen (secondary N) is 1. The van der Waals surface area contributed by atoms with Crippen molar-refractivity contribution < 1.29 is 15.3 Å². The predicted octanol–water partition coefficient (Wildman–Crippen LogP) is 0.494. The fraction of sp³-hybridized carbons (Fsp3) is 0.333. The summed E-state index contributed by atoms with van der Waals surface area (Å²) in [6, 6.07) is 6.51. The number of aliphatic imine (C=N–C) groups is 1. The Hall–Kier alpha value is -1.59. The molecule has 1 aromatic rings. The van der Waals surface area contributed by atoms with E-state index in [-0.39, 0.29) is 0 Å². The molecule has 1 aromatic carbocycles. The van der Waals surface area contributed by atoms with E-state index in [4.69, 9.17) is 10.4 Å². The molecule has 0 aliphatic heterocycles. The average molecular weight is 281 g/mol. The second kappa shape index (κ2) is 7.76. The summed E-state index contributed by atoms with van der Waals surface area (Å²) in [6.07, 6.45) is 1.23. The van der Waals surface area contributed by atoms with Gasteiger partial charge in [-0.15, -0.1) is 0 Å². The fourth-order valence-corrected chi connectivity index (χ4v) is 1.70. The van der Waals surface area contributed by atoms with Crippen LogP contribution < -0.4 is 5.32 Å². The molecule has 0 aliphatic rings. The Morgan fingerprint density at radius 3 is 2.53 bits per heavy atom. The molecule has 1 rings (SSSR count). The van der Waals surface area contributed by atoms with Gasteiger partial charge in [0.1, 0.15) is 12.2 Å². The maximum Gasteiger partial charge on any atom is 0.183 e. The lowest BCUT2D eigenvalue weighted by molar-refractivity contribution is -0.0152. The zero-order chi connectivity index (χ0) is 14.3. The molecule has 6 nitrogen and oxygen atoms in total. The van der Waals surface area contributed by atoms with Crippen molar-refractivity contribution in [3.8, 4) is 6.19 Å². The highest BCUT2D eigenvalue weighted by atomic mass is 32.2. The third-order valence-electron chi connectivity index (χ3n) is 2.37. The summed E-state index contributed by atoms with van der Waals surface area (Å²) in [5.74, 6) is 0. The molecule has 2 atom stereocenters. The first kappa shape index (κ1) is 15.5. The van der Waals surface area contributed by atoms with Crippen molar-refractivity contribution in [2.24, 2.45) is 4.99 Å². The topological polar surface area (TPSA) is 109 Å². The van der Waals surface area contributed by atoms with Crippen molar-refractivity contribution in [3.63, 3.8) is 0 Å². The number of hydrogen-bond donors (Lipinski definition) is 4. The molecule has 0 saturated carbocycles. The van der Waals surface area contributed by atoms with Crippen LogP contribution in [0.5, 0.6) is 0 Å². The quantitative estimate of drug-likeness (QED) is 0.277. The van der Waals surface area contributed by atoms with E-state index < -0.39 is 18.8 Å². The van der Waals surface area contributed by atoms with E-state index >= 15 is 0 Å². The Morgan fingerprint density at radius 1 is 1.42 bits per heavy atom. The van der Waals surface area contributed by atoms with Gasteiger partial charge in [-0.25, -0.2) is 4.99 Å². The molecule has 0 aliphatic carbocycles. The zero-order valence-corrected chi connectivity index (χ0v) is 11.1. The average Bonchev–Trinajstić information content (AvgIpc) is 2.45. The largest absolute Gasteiger partial charge is 0.394 e. The molecule has 102 valence electrons. The summed E-state index contributed by atoms with van der Waals surface area (Å²) in [7, 11) is 0. The molecule has 7 heteroatoms. The monoisotopic (exact) mass is 281 g/mol. The Labute approximate surface area is 115 Å². The van der Waals surface area contributed by atoms with E-state index in [2.05, 4.69) is 10.3 Å². The molecular formula is C12H15N3O3S. The number of hydrogen-bond acceptors (Lipinski definition) is 6. The van der Waals surface area contributed by atoms with Crippen LogP contribution in [0.15, 0.2) is 29.3 Å². The first-order valence-electron chi connectivity index (χ1n) is 5.47. The number of aliphatic hydroxyl groups is 3. The van der Waals surface area contributed by atoms with Crippen LogP contribution in [0, 0.1) is 11.5 Å². The van der Waals surface area contributed by atoms with E-state index in [9.17, 15) is 10.2 Å². The van der Waals surface area contributed by atoms with Gasteiger partial charge < -0.3 is 15.3 Å². The number of aliphatic hydroxyl groups excluding tert-OH is 3. The van der Waals surface area contributed by atoms with Gasteiger partial charge in [0.05, 0.1) is 12.3 Å². The Balaban J connectivity index is 2.85.